The lowest BCUT2D eigenvalue weighted by atomic mass is 10.1. The maximum atomic E-state index is 12.6. The molecule has 0 heterocycles. The van der Waals surface area contributed by atoms with Crippen LogP contribution in [0.3, 0.4) is 0 Å². The first-order valence-corrected chi connectivity index (χ1v) is 9.46. The van der Waals surface area contributed by atoms with Crippen LogP contribution in [0, 0.1) is 0 Å². The molecule has 0 saturated carbocycles. The molecule has 0 spiro atoms. The Morgan fingerprint density at radius 1 is 0.900 bits per heavy atom. The standard InChI is InChI=1S/C17H32N6O7/c1-8(19)14(26)23-13(9(2)24)16(28)21-10(5-3-4-6-18)15(27)22-11(17(29)30)7-12(20)25/h8-11,13,24H,3-7,18-19H2,1-2H3,(H2,20,25)(H,21,28)(H,22,27)(H,23,26)(H,29,30). The van der Waals surface area contributed by atoms with E-state index in [0.29, 0.717) is 19.4 Å². The molecule has 172 valence electrons. The number of hydrogen-bond acceptors (Lipinski definition) is 8. The van der Waals surface area contributed by atoms with E-state index in [0.717, 1.165) is 0 Å². The fourth-order valence-corrected chi connectivity index (χ4v) is 2.39. The van der Waals surface area contributed by atoms with Gasteiger partial charge < -0.3 is 43.4 Å². The summed E-state index contributed by atoms with van der Waals surface area (Å²) >= 11 is 0. The van der Waals surface area contributed by atoms with E-state index < -0.39 is 66.3 Å². The number of primary amides is 1. The molecule has 4 amide bonds. The molecule has 13 heteroatoms. The Balaban J connectivity index is 5.39. The zero-order valence-electron chi connectivity index (χ0n) is 17.1. The van der Waals surface area contributed by atoms with Gasteiger partial charge in [-0.15, -0.1) is 0 Å². The average Bonchev–Trinajstić information content (AvgIpc) is 2.63. The fraction of sp³-hybridized carbons (Fsp3) is 0.706. The third kappa shape index (κ3) is 10.1. The number of aliphatic carboxylic acids is 1. The molecule has 0 aromatic carbocycles. The fourth-order valence-electron chi connectivity index (χ4n) is 2.39. The summed E-state index contributed by atoms with van der Waals surface area (Å²) < 4.78 is 0. The molecule has 0 aromatic heterocycles. The number of unbranched alkanes of at least 4 members (excludes halogenated alkanes) is 1. The normalized spacial score (nSPS) is 15.8. The highest BCUT2D eigenvalue weighted by Gasteiger charge is 2.32. The number of nitrogens with two attached hydrogens (primary N) is 3. The van der Waals surface area contributed by atoms with Crippen LogP contribution in [0.5, 0.6) is 0 Å². The number of carbonyl (C=O) groups is 5. The molecular formula is C17H32N6O7. The summed E-state index contributed by atoms with van der Waals surface area (Å²) in [6.07, 6.45) is -0.878. The minimum atomic E-state index is -1.57. The maximum absolute atomic E-state index is 12.6. The van der Waals surface area contributed by atoms with E-state index in [4.69, 9.17) is 22.3 Å². The number of rotatable bonds is 14. The molecule has 5 unspecified atom stereocenters. The number of amides is 4. The zero-order chi connectivity index (χ0) is 23.4. The molecule has 0 aliphatic carbocycles. The van der Waals surface area contributed by atoms with Gasteiger partial charge >= 0.3 is 5.97 Å². The predicted molar refractivity (Wildman–Crippen MR) is 105 cm³/mol. The number of nitrogens with one attached hydrogen (secondary N) is 3. The highest BCUT2D eigenvalue weighted by atomic mass is 16.4. The molecule has 0 aliphatic heterocycles. The monoisotopic (exact) mass is 432 g/mol. The van der Waals surface area contributed by atoms with Crippen molar-refractivity contribution in [2.75, 3.05) is 6.54 Å². The van der Waals surface area contributed by atoms with Crippen molar-refractivity contribution in [3.05, 3.63) is 0 Å². The van der Waals surface area contributed by atoms with E-state index in [2.05, 4.69) is 16.0 Å². The Hall–Kier alpha value is -2.77. The van der Waals surface area contributed by atoms with Gasteiger partial charge in [0, 0.05) is 0 Å². The van der Waals surface area contributed by atoms with Crippen molar-refractivity contribution in [3.63, 3.8) is 0 Å². The predicted octanol–water partition coefficient (Wildman–Crippen LogP) is -3.74. The lowest BCUT2D eigenvalue weighted by Crippen LogP contribution is -2.59. The van der Waals surface area contributed by atoms with Gasteiger partial charge in [0.05, 0.1) is 18.6 Å². The Morgan fingerprint density at radius 2 is 1.47 bits per heavy atom. The molecule has 0 saturated heterocycles. The van der Waals surface area contributed by atoms with Crippen molar-refractivity contribution in [1.82, 2.24) is 16.0 Å². The minimum absolute atomic E-state index is 0.103. The molecule has 0 fully saturated rings. The molecule has 13 nitrogen and oxygen atoms in total. The molecule has 30 heavy (non-hydrogen) atoms. The summed E-state index contributed by atoms with van der Waals surface area (Å²) in [4.78, 5) is 59.2. The van der Waals surface area contributed by atoms with Gasteiger partial charge in [0.1, 0.15) is 18.1 Å². The van der Waals surface area contributed by atoms with E-state index in [-0.39, 0.29) is 6.42 Å². The lowest BCUT2D eigenvalue weighted by molar-refractivity contribution is -0.144. The Labute approximate surface area is 174 Å². The summed E-state index contributed by atoms with van der Waals surface area (Å²) in [5.74, 6) is -4.82. The van der Waals surface area contributed by atoms with Crippen LogP contribution in [0.25, 0.3) is 0 Å². The molecule has 11 N–H and O–H groups in total. The minimum Gasteiger partial charge on any atom is -0.480 e. The summed E-state index contributed by atoms with van der Waals surface area (Å²) in [7, 11) is 0. The van der Waals surface area contributed by atoms with Crippen molar-refractivity contribution in [2.45, 2.75) is 69.8 Å². The third-order valence-electron chi connectivity index (χ3n) is 4.08. The van der Waals surface area contributed by atoms with Crippen LogP contribution in [0.15, 0.2) is 0 Å². The van der Waals surface area contributed by atoms with Crippen molar-refractivity contribution in [3.8, 4) is 0 Å². The number of aliphatic hydroxyl groups is 1. The molecule has 5 atom stereocenters. The van der Waals surface area contributed by atoms with Crippen LogP contribution < -0.4 is 33.2 Å². The van der Waals surface area contributed by atoms with Gasteiger partial charge in [-0.05, 0) is 39.7 Å². The summed E-state index contributed by atoms with van der Waals surface area (Å²) in [5, 5.41) is 25.8. The van der Waals surface area contributed by atoms with Crippen molar-refractivity contribution in [2.24, 2.45) is 17.2 Å². The van der Waals surface area contributed by atoms with Crippen LogP contribution in [0.1, 0.15) is 39.5 Å². The second kappa shape index (κ2) is 13.5. The van der Waals surface area contributed by atoms with E-state index in [1.54, 1.807) is 0 Å². The number of carbonyl (C=O) groups excluding carboxylic acids is 4. The second-order valence-corrected chi connectivity index (χ2v) is 6.93. The van der Waals surface area contributed by atoms with E-state index >= 15 is 0 Å². The first-order valence-electron chi connectivity index (χ1n) is 9.46. The first-order chi connectivity index (χ1) is 13.9. The van der Waals surface area contributed by atoms with Gasteiger partial charge in [0.25, 0.3) is 0 Å². The number of aliphatic hydroxyl groups excluding tert-OH is 1. The van der Waals surface area contributed by atoms with Crippen LogP contribution in [-0.2, 0) is 24.0 Å². The van der Waals surface area contributed by atoms with E-state index in [9.17, 15) is 29.1 Å². The first kappa shape index (κ1) is 27.2. The average molecular weight is 432 g/mol. The Kier molecular flexibility index (Phi) is 12.2. The molecule has 0 aliphatic rings. The number of carboxylic acids is 1. The van der Waals surface area contributed by atoms with Gasteiger partial charge in [-0.1, -0.05) is 0 Å². The summed E-state index contributed by atoms with van der Waals surface area (Å²) in [6, 6.07) is -5.11. The quantitative estimate of drug-likeness (QED) is 0.126. The molecule has 0 rings (SSSR count). The third-order valence-corrected chi connectivity index (χ3v) is 4.08. The second-order valence-electron chi connectivity index (χ2n) is 6.93. The van der Waals surface area contributed by atoms with Gasteiger partial charge in [0.15, 0.2) is 0 Å². The smallest absolute Gasteiger partial charge is 0.326 e. The number of carboxylic acid groups (broad SMARTS) is 1. The topological polar surface area (TPSA) is 240 Å². The molecule has 0 aromatic rings. The Bertz CT molecular complexity index is 626. The van der Waals surface area contributed by atoms with Gasteiger partial charge in [-0.2, -0.15) is 0 Å². The van der Waals surface area contributed by atoms with Crippen molar-refractivity contribution >= 4 is 29.6 Å². The largest absolute Gasteiger partial charge is 0.480 e. The van der Waals surface area contributed by atoms with E-state index in [1.807, 2.05) is 0 Å². The molecule has 0 radical (unpaired) electrons. The highest BCUT2D eigenvalue weighted by molar-refractivity contribution is 5.95. The van der Waals surface area contributed by atoms with Gasteiger partial charge in [-0.3, -0.25) is 19.2 Å². The van der Waals surface area contributed by atoms with Crippen LogP contribution in [0.4, 0.5) is 0 Å². The SMILES string of the molecule is CC(N)C(=O)NC(C(=O)NC(CCCCN)C(=O)NC(CC(N)=O)C(=O)O)C(C)O. The summed E-state index contributed by atoms with van der Waals surface area (Å²) in [5.41, 5.74) is 15.9. The highest BCUT2D eigenvalue weighted by Crippen LogP contribution is 2.05. The zero-order valence-corrected chi connectivity index (χ0v) is 17.1. The van der Waals surface area contributed by atoms with Crippen LogP contribution in [-0.4, -0.2) is 76.6 Å². The number of hydrogen-bond donors (Lipinski definition) is 8. The Morgan fingerprint density at radius 3 is 1.90 bits per heavy atom. The van der Waals surface area contributed by atoms with Gasteiger partial charge in [0.2, 0.25) is 23.6 Å². The van der Waals surface area contributed by atoms with Crippen molar-refractivity contribution < 1.29 is 34.2 Å². The van der Waals surface area contributed by atoms with Gasteiger partial charge in [-0.25, -0.2) is 4.79 Å². The van der Waals surface area contributed by atoms with Crippen molar-refractivity contribution in [1.29, 1.82) is 0 Å². The van der Waals surface area contributed by atoms with E-state index in [1.165, 1.54) is 13.8 Å². The van der Waals surface area contributed by atoms with Crippen LogP contribution in [0.2, 0.25) is 0 Å². The maximum Gasteiger partial charge on any atom is 0.326 e. The molecular weight excluding hydrogens is 400 g/mol. The van der Waals surface area contributed by atoms with Crippen LogP contribution >= 0.6 is 0 Å². The summed E-state index contributed by atoms with van der Waals surface area (Å²) in [6.45, 7) is 2.99. The lowest BCUT2D eigenvalue weighted by Gasteiger charge is -2.26. The molecule has 0 bridgehead atoms.